The topological polar surface area (TPSA) is 101 Å². The van der Waals surface area contributed by atoms with E-state index in [1.54, 1.807) is 0 Å². The number of rotatable bonds is 5. The molecule has 0 amide bonds. The van der Waals surface area contributed by atoms with Gasteiger partial charge in [-0.2, -0.15) is 0 Å². The lowest BCUT2D eigenvalue weighted by molar-refractivity contribution is -0.386. The Hall–Kier alpha value is -1.31. The third-order valence-electron chi connectivity index (χ3n) is 2.23. The van der Waals surface area contributed by atoms with E-state index < -0.39 is 17.1 Å². The van der Waals surface area contributed by atoms with Gasteiger partial charge in [0.15, 0.2) is 0 Å². The van der Waals surface area contributed by atoms with Gasteiger partial charge in [-0.1, -0.05) is 22.0 Å². The fourth-order valence-corrected chi connectivity index (χ4v) is 1.69. The van der Waals surface area contributed by atoms with Crippen molar-refractivity contribution < 1.29 is 19.9 Å². The van der Waals surface area contributed by atoms with Crippen molar-refractivity contribution in [2.24, 2.45) is 0 Å². The molecule has 2 N–H and O–H groups in total. The van der Waals surface area contributed by atoms with E-state index in [-0.39, 0.29) is 22.1 Å². The SMILES string of the molecule is O=Cc1ccc(C(O)C(O)CBr)c([N+](=O)[O-])c1. The second-order valence-electron chi connectivity index (χ2n) is 3.36. The summed E-state index contributed by atoms with van der Waals surface area (Å²) in [6, 6.07) is 3.67. The molecule has 0 saturated carbocycles. The van der Waals surface area contributed by atoms with Gasteiger partial charge in [-0.3, -0.25) is 14.9 Å². The molecule has 0 aromatic heterocycles. The number of aliphatic hydroxyl groups is 2. The monoisotopic (exact) mass is 303 g/mol. The summed E-state index contributed by atoms with van der Waals surface area (Å²) in [6.07, 6.45) is -2.06. The minimum atomic E-state index is -1.38. The van der Waals surface area contributed by atoms with E-state index in [0.717, 1.165) is 6.07 Å². The van der Waals surface area contributed by atoms with Crippen molar-refractivity contribution in [2.75, 3.05) is 5.33 Å². The number of aldehydes is 1. The maximum Gasteiger partial charge on any atom is 0.276 e. The zero-order chi connectivity index (χ0) is 13.0. The molecule has 17 heavy (non-hydrogen) atoms. The lowest BCUT2D eigenvalue weighted by Crippen LogP contribution is -2.20. The Bertz CT molecular complexity index is 437. The summed E-state index contributed by atoms with van der Waals surface area (Å²) in [5.74, 6) is 0. The van der Waals surface area contributed by atoms with Crippen LogP contribution in [0.2, 0.25) is 0 Å². The third kappa shape index (κ3) is 3.09. The molecule has 2 unspecified atom stereocenters. The van der Waals surface area contributed by atoms with Crippen LogP contribution in [0.25, 0.3) is 0 Å². The number of hydrogen-bond acceptors (Lipinski definition) is 5. The van der Waals surface area contributed by atoms with Crippen molar-refractivity contribution in [3.63, 3.8) is 0 Å². The van der Waals surface area contributed by atoms with Crippen LogP contribution in [-0.2, 0) is 0 Å². The largest absolute Gasteiger partial charge is 0.389 e. The Morgan fingerprint density at radius 2 is 2.12 bits per heavy atom. The highest BCUT2D eigenvalue weighted by atomic mass is 79.9. The molecule has 0 spiro atoms. The van der Waals surface area contributed by atoms with Crippen LogP contribution in [0.3, 0.4) is 0 Å². The Balaban J connectivity index is 3.23. The van der Waals surface area contributed by atoms with Crippen molar-refractivity contribution in [3.8, 4) is 0 Å². The number of carbonyl (C=O) groups excluding carboxylic acids is 1. The smallest absolute Gasteiger partial charge is 0.276 e. The van der Waals surface area contributed by atoms with E-state index in [1.165, 1.54) is 12.1 Å². The van der Waals surface area contributed by atoms with Gasteiger partial charge < -0.3 is 10.2 Å². The molecule has 0 aliphatic carbocycles. The van der Waals surface area contributed by atoms with Gasteiger partial charge in [0.1, 0.15) is 12.4 Å². The number of hydrogen-bond donors (Lipinski definition) is 2. The van der Waals surface area contributed by atoms with Crippen molar-refractivity contribution in [2.45, 2.75) is 12.2 Å². The van der Waals surface area contributed by atoms with Crippen molar-refractivity contribution in [1.82, 2.24) is 0 Å². The van der Waals surface area contributed by atoms with Crippen LogP contribution < -0.4 is 0 Å². The molecule has 0 radical (unpaired) electrons. The van der Waals surface area contributed by atoms with E-state index in [1.807, 2.05) is 0 Å². The van der Waals surface area contributed by atoms with Crippen LogP contribution in [0.15, 0.2) is 18.2 Å². The number of halogens is 1. The van der Waals surface area contributed by atoms with Crippen LogP contribution in [0.5, 0.6) is 0 Å². The van der Waals surface area contributed by atoms with Crippen molar-refractivity contribution in [3.05, 3.63) is 39.4 Å². The predicted molar refractivity (Wildman–Crippen MR) is 63.2 cm³/mol. The van der Waals surface area contributed by atoms with E-state index in [0.29, 0.717) is 6.29 Å². The van der Waals surface area contributed by atoms with Crippen molar-refractivity contribution in [1.29, 1.82) is 0 Å². The number of nitro groups is 1. The summed E-state index contributed by atoms with van der Waals surface area (Å²) >= 11 is 2.97. The number of aliphatic hydroxyl groups excluding tert-OH is 2. The molecular formula is C10H10BrNO5. The summed E-state index contributed by atoms with van der Waals surface area (Å²) in [5, 5.41) is 30.0. The Morgan fingerprint density at radius 3 is 2.59 bits per heavy atom. The van der Waals surface area contributed by atoms with Gasteiger partial charge in [-0.05, 0) is 6.07 Å². The first-order valence-electron chi connectivity index (χ1n) is 4.67. The first kappa shape index (κ1) is 13.8. The molecule has 7 heteroatoms. The summed E-state index contributed by atoms with van der Waals surface area (Å²) in [4.78, 5) is 20.6. The highest BCUT2D eigenvalue weighted by Crippen LogP contribution is 2.28. The number of alkyl halides is 1. The molecule has 0 aliphatic rings. The van der Waals surface area contributed by atoms with Crippen LogP contribution in [0.1, 0.15) is 22.0 Å². The highest BCUT2D eigenvalue weighted by molar-refractivity contribution is 9.09. The minimum absolute atomic E-state index is 0.0208. The van der Waals surface area contributed by atoms with Gasteiger partial charge in [0, 0.05) is 17.0 Å². The molecule has 0 aliphatic heterocycles. The molecule has 1 aromatic carbocycles. The van der Waals surface area contributed by atoms with Crippen LogP contribution >= 0.6 is 15.9 Å². The molecule has 2 atom stereocenters. The lowest BCUT2D eigenvalue weighted by Gasteiger charge is -2.15. The van der Waals surface area contributed by atoms with E-state index in [9.17, 15) is 25.1 Å². The first-order valence-corrected chi connectivity index (χ1v) is 5.79. The molecule has 6 nitrogen and oxygen atoms in total. The Kier molecular flexibility index (Phi) is 4.73. The fraction of sp³-hybridized carbons (Fsp3) is 0.300. The normalized spacial score (nSPS) is 14.1. The second-order valence-corrected chi connectivity index (χ2v) is 4.01. The molecular weight excluding hydrogens is 294 g/mol. The molecule has 0 saturated heterocycles. The summed E-state index contributed by atoms with van der Waals surface area (Å²) in [5.41, 5.74) is -0.268. The third-order valence-corrected chi connectivity index (χ3v) is 2.89. The minimum Gasteiger partial charge on any atom is -0.389 e. The zero-order valence-electron chi connectivity index (χ0n) is 8.62. The molecule has 92 valence electrons. The van der Waals surface area contributed by atoms with Crippen LogP contribution in [0.4, 0.5) is 5.69 Å². The van der Waals surface area contributed by atoms with Crippen molar-refractivity contribution >= 4 is 27.9 Å². The maximum absolute atomic E-state index is 10.8. The van der Waals surface area contributed by atoms with Gasteiger partial charge in [0.25, 0.3) is 5.69 Å². The lowest BCUT2D eigenvalue weighted by atomic mass is 10.0. The Morgan fingerprint density at radius 1 is 1.47 bits per heavy atom. The average Bonchev–Trinajstić information content (AvgIpc) is 2.35. The predicted octanol–water partition coefficient (Wildman–Crippen LogP) is 1.20. The number of benzene rings is 1. The fourth-order valence-electron chi connectivity index (χ4n) is 1.33. The van der Waals surface area contributed by atoms with Gasteiger partial charge in [0.2, 0.25) is 0 Å². The average molecular weight is 304 g/mol. The summed E-state index contributed by atoms with van der Waals surface area (Å²) < 4.78 is 0. The molecule has 0 fully saturated rings. The molecule has 1 rings (SSSR count). The van der Waals surface area contributed by atoms with Gasteiger partial charge in [-0.15, -0.1) is 0 Å². The number of nitrogens with zero attached hydrogens (tertiary/aromatic N) is 1. The molecule has 0 bridgehead atoms. The summed E-state index contributed by atoms with van der Waals surface area (Å²) in [6.45, 7) is 0. The van der Waals surface area contributed by atoms with Crippen LogP contribution in [0, 0.1) is 10.1 Å². The van der Waals surface area contributed by atoms with Gasteiger partial charge in [-0.25, -0.2) is 0 Å². The molecule has 0 heterocycles. The summed E-state index contributed by atoms with van der Waals surface area (Å²) in [7, 11) is 0. The number of nitro benzene ring substituents is 1. The maximum atomic E-state index is 10.8. The van der Waals surface area contributed by atoms with Gasteiger partial charge >= 0.3 is 0 Å². The van der Waals surface area contributed by atoms with E-state index >= 15 is 0 Å². The van der Waals surface area contributed by atoms with E-state index in [4.69, 9.17) is 0 Å². The molecule has 1 aromatic rings. The van der Waals surface area contributed by atoms with E-state index in [2.05, 4.69) is 15.9 Å². The standard InChI is InChI=1S/C10H10BrNO5/c11-4-9(14)10(15)7-2-1-6(5-13)3-8(7)12(16)17/h1-3,5,9-10,14-15H,4H2. The van der Waals surface area contributed by atoms with Crippen LogP contribution in [-0.4, -0.2) is 32.9 Å². The number of carbonyl (C=O) groups is 1. The second kappa shape index (κ2) is 5.85. The van der Waals surface area contributed by atoms with Gasteiger partial charge in [0.05, 0.1) is 16.6 Å². The zero-order valence-corrected chi connectivity index (χ0v) is 10.2. The quantitative estimate of drug-likeness (QED) is 0.368. The highest BCUT2D eigenvalue weighted by Gasteiger charge is 2.25. The first-order chi connectivity index (χ1) is 8.01. The Labute approximate surface area is 105 Å².